The molecule has 0 spiro atoms. The lowest BCUT2D eigenvalue weighted by Gasteiger charge is -2.09. The first-order valence-electron chi connectivity index (χ1n) is 4.47. The van der Waals surface area contributed by atoms with Crippen molar-refractivity contribution in [3.8, 4) is 22.9 Å². The molecular formula is C10H9ClN2O2S. The highest BCUT2D eigenvalue weighted by atomic mass is 35.5. The van der Waals surface area contributed by atoms with Gasteiger partial charge >= 0.3 is 0 Å². The van der Waals surface area contributed by atoms with E-state index < -0.39 is 0 Å². The van der Waals surface area contributed by atoms with Crippen molar-refractivity contribution in [1.29, 1.82) is 0 Å². The Balaban J connectivity index is 2.56. The quantitative estimate of drug-likeness (QED) is 0.847. The molecule has 2 aromatic rings. The molecule has 0 saturated heterocycles. The second kappa shape index (κ2) is 4.67. The number of halogens is 1. The monoisotopic (exact) mass is 256 g/mol. The van der Waals surface area contributed by atoms with Gasteiger partial charge in [0.05, 0.1) is 19.8 Å². The summed E-state index contributed by atoms with van der Waals surface area (Å²) in [5, 5.41) is 0. The molecule has 84 valence electrons. The first-order chi connectivity index (χ1) is 7.76. The summed E-state index contributed by atoms with van der Waals surface area (Å²) in [5.74, 6) is 1.80. The highest BCUT2D eigenvalue weighted by Crippen LogP contribution is 2.37. The second-order valence-corrected chi connectivity index (χ2v) is 4.25. The number of benzene rings is 1. The molecule has 16 heavy (non-hydrogen) atoms. The van der Waals surface area contributed by atoms with Crippen LogP contribution in [0.1, 0.15) is 0 Å². The predicted molar refractivity (Wildman–Crippen MR) is 63.5 cm³/mol. The Morgan fingerprint density at radius 1 is 1.25 bits per heavy atom. The van der Waals surface area contributed by atoms with Crippen LogP contribution >= 0.6 is 23.1 Å². The zero-order chi connectivity index (χ0) is 11.5. The van der Waals surface area contributed by atoms with Crippen LogP contribution in [0.3, 0.4) is 0 Å². The van der Waals surface area contributed by atoms with Crippen molar-refractivity contribution in [3.63, 3.8) is 0 Å². The van der Waals surface area contributed by atoms with E-state index in [4.69, 9.17) is 21.1 Å². The highest BCUT2D eigenvalue weighted by Gasteiger charge is 2.14. The zero-order valence-corrected chi connectivity index (χ0v) is 10.3. The second-order valence-electron chi connectivity index (χ2n) is 2.91. The molecule has 0 unspecified atom stereocenters. The summed E-state index contributed by atoms with van der Waals surface area (Å²) in [6, 6.07) is 5.53. The largest absolute Gasteiger partial charge is 0.493 e. The maximum absolute atomic E-state index is 5.75. The Hall–Kier alpha value is -1.33. The first kappa shape index (κ1) is 11.2. The van der Waals surface area contributed by atoms with Crippen molar-refractivity contribution in [2.45, 2.75) is 0 Å². The van der Waals surface area contributed by atoms with Crippen LogP contribution in [0.5, 0.6) is 11.5 Å². The molecule has 0 saturated carbocycles. The molecule has 1 aromatic carbocycles. The maximum atomic E-state index is 5.75. The summed E-state index contributed by atoms with van der Waals surface area (Å²) < 4.78 is 15.0. The lowest BCUT2D eigenvalue weighted by atomic mass is 10.2. The van der Waals surface area contributed by atoms with Crippen molar-refractivity contribution in [1.82, 2.24) is 9.36 Å². The summed E-state index contributed by atoms with van der Waals surface area (Å²) in [7, 11) is 3.17. The fraction of sp³-hybridized carbons (Fsp3) is 0.200. The molecule has 0 N–H and O–H groups in total. The number of methoxy groups -OCH3 is 2. The molecule has 0 radical (unpaired) electrons. The van der Waals surface area contributed by atoms with Gasteiger partial charge in [-0.15, -0.1) is 0 Å². The molecule has 0 aliphatic heterocycles. The van der Waals surface area contributed by atoms with Gasteiger partial charge in [0.25, 0.3) is 0 Å². The van der Waals surface area contributed by atoms with Crippen LogP contribution in [0.15, 0.2) is 18.2 Å². The molecule has 0 aliphatic rings. The van der Waals surface area contributed by atoms with Gasteiger partial charge in [0.1, 0.15) is 0 Å². The Morgan fingerprint density at radius 3 is 2.62 bits per heavy atom. The molecule has 6 heteroatoms. The van der Waals surface area contributed by atoms with Crippen LogP contribution in [0.2, 0.25) is 4.47 Å². The summed E-state index contributed by atoms with van der Waals surface area (Å²) >= 11 is 6.89. The molecule has 2 rings (SSSR count). The minimum atomic E-state index is 0.403. The summed E-state index contributed by atoms with van der Waals surface area (Å²) in [6.45, 7) is 0. The third-order valence-corrected chi connectivity index (χ3v) is 2.84. The number of nitrogens with zero attached hydrogens (tertiary/aromatic N) is 2. The molecule has 0 atom stereocenters. The molecular weight excluding hydrogens is 248 g/mol. The number of para-hydroxylation sites is 1. The standard InChI is InChI=1S/C10H9ClN2O2S/c1-14-7-5-3-4-6(8(7)15-2)9-12-10(11)16-13-9/h3-5H,1-2H3. The smallest absolute Gasteiger partial charge is 0.203 e. The van der Waals surface area contributed by atoms with Crippen molar-refractivity contribution in [2.75, 3.05) is 14.2 Å². The van der Waals surface area contributed by atoms with E-state index in [9.17, 15) is 0 Å². The van der Waals surface area contributed by atoms with Crippen molar-refractivity contribution in [2.24, 2.45) is 0 Å². The van der Waals surface area contributed by atoms with Crippen LogP contribution < -0.4 is 9.47 Å². The third-order valence-electron chi connectivity index (χ3n) is 2.05. The van der Waals surface area contributed by atoms with Gasteiger partial charge in [-0.25, -0.2) is 4.98 Å². The number of hydrogen-bond acceptors (Lipinski definition) is 5. The first-order valence-corrected chi connectivity index (χ1v) is 5.62. The van der Waals surface area contributed by atoms with Crippen molar-refractivity contribution in [3.05, 3.63) is 22.7 Å². The van der Waals surface area contributed by atoms with Gasteiger partial charge in [-0.1, -0.05) is 6.07 Å². The van der Waals surface area contributed by atoms with E-state index in [0.29, 0.717) is 21.8 Å². The normalized spacial score (nSPS) is 10.2. The van der Waals surface area contributed by atoms with Crippen molar-refractivity contribution >= 4 is 23.1 Å². The Morgan fingerprint density at radius 2 is 2.06 bits per heavy atom. The number of aromatic nitrogens is 2. The van der Waals surface area contributed by atoms with Crippen LogP contribution in [-0.2, 0) is 0 Å². The third kappa shape index (κ3) is 1.96. The minimum Gasteiger partial charge on any atom is -0.493 e. The zero-order valence-electron chi connectivity index (χ0n) is 8.73. The lowest BCUT2D eigenvalue weighted by molar-refractivity contribution is 0.356. The summed E-state index contributed by atoms with van der Waals surface area (Å²) in [5.41, 5.74) is 0.769. The maximum Gasteiger partial charge on any atom is 0.203 e. The van der Waals surface area contributed by atoms with Gasteiger partial charge in [-0.2, -0.15) is 4.37 Å². The SMILES string of the molecule is COc1cccc(-c2nsc(Cl)n2)c1OC. The summed E-state index contributed by atoms with van der Waals surface area (Å²) in [6.07, 6.45) is 0. The molecule has 0 aliphatic carbocycles. The van der Waals surface area contributed by atoms with E-state index in [1.165, 1.54) is 0 Å². The Kier molecular flexibility index (Phi) is 3.26. The van der Waals surface area contributed by atoms with Gasteiger partial charge in [-0.3, -0.25) is 0 Å². The molecule has 4 nitrogen and oxygen atoms in total. The van der Waals surface area contributed by atoms with Crippen LogP contribution in [0.4, 0.5) is 0 Å². The fourth-order valence-electron chi connectivity index (χ4n) is 1.38. The van der Waals surface area contributed by atoms with Gasteiger partial charge in [0.15, 0.2) is 17.3 Å². The van der Waals surface area contributed by atoms with Crippen LogP contribution in [0, 0.1) is 0 Å². The number of hydrogen-bond donors (Lipinski definition) is 0. The van der Waals surface area contributed by atoms with Gasteiger partial charge in [0, 0.05) is 0 Å². The fourth-order valence-corrected chi connectivity index (χ4v) is 1.99. The molecule has 0 amide bonds. The number of rotatable bonds is 3. The van der Waals surface area contributed by atoms with E-state index in [2.05, 4.69) is 9.36 Å². The topological polar surface area (TPSA) is 44.2 Å². The molecule has 1 aromatic heterocycles. The predicted octanol–water partition coefficient (Wildman–Crippen LogP) is 2.88. The Labute approximate surface area is 102 Å². The van der Waals surface area contributed by atoms with Gasteiger partial charge in [0.2, 0.25) is 4.47 Å². The summed E-state index contributed by atoms with van der Waals surface area (Å²) in [4.78, 5) is 4.10. The van der Waals surface area contributed by atoms with E-state index >= 15 is 0 Å². The van der Waals surface area contributed by atoms with Gasteiger partial charge in [-0.05, 0) is 35.3 Å². The molecule has 0 fully saturated rings. The average Bonchev–Trinajstić information content (AvgIpc) is 2.74. The van der Waals surface area contributed by atoms with Crippen LogP contribution in [-0.4, -0.2) is 23.6 Å². The average molecular weight is 257 g/mol. The van der Waals surface area contributed by atoms with E-state index in [0.717, 1.165) is 17.1 Å². The lowest BCUT2D eigenvalue weighted by Crippen LogP contribution is -1.93. The molecule has 1 heterocycles. The van der Waals surface area contributed by atoms with Crippen LogP contribution in [0.25, 0.3) is 11.4 Å². The molecule has 0 bridgehead atoms. The van der Waals surface area contributed by atoms with Crippen molar-refractivity contribution < 1.29 is 9.47 Å². The van der Waals surface area contributed by atoms with E-state index in [1.807, 2.05) is 18.2 Å². The van der Waals surface area contributed by atoms with E-state index in [1.54, 1.807) is 14.2 Å². The minimum absolute atomic E-state index is 0.403. The van der Waals surface area contributed by atoms with Gasteiger partial charge < -0.3 is 9.47 Å². The Bertz CT molecular complexity index is 501. The number of ether oxygens (including phenoxy) is 2. The van der Waals surface area contributed by atoms with E-state index in [-0.39, 0.29) is 0 Å². The highest BCUT2D eigenvalue weighted by molar-refractivity contribution is 7.10.